The standard InChI is InChI=1S/C9H19N2.Rb/c1-9(2,3)10-8-5-6-11(4)7-8;/h8H,5-7H2,1-4H3;/q-1;+1. The minimum Gasteiger partial charge on any atom is -0.654 e. The summed E-state index contributed by atoms with van der Waals surface area (Å²) < 4.78 is 0. The van der Waals surface area contributed by atoms with Crippen molar-refractivity contribution in [1.29, 1.82) is 0 Å². The van der Waals surface area contributed by atoms with E-state index in [1.54, 1.807) is 0 Å². The van der Waals surface area contributed by atoms with Crippen molar-refractivity contribution < 1.29 is 58.2 Å². The monoisotopic (exact) mass is 240 g/mol. The topological polar surface area (TPSA) is 17.3 Å². The maximum Gasteiger partial charge on any atom is 1.00 e. The first-order valence-electron chi connectivity index (χ1n) is 4.38. The van der Waals surface area contributed by atoms with Gasteiger partial charge in [0, 0.05) is 0 Å². The number of likely N-dealkylation sites (N-methyl/N-ethyl adjacent to an activating group) is 1. The third kappa shape index (κ3) is 5.45. The van der Waals surface area contributed by atoms with Crippen LogP contribution in [0.4, 0.5) is 0 Å². The summed E-state index contributed by atoms with van der Waals surface area (Å²) in [5.41, 5.74) is 0.149. The SMILES string of the molecule is CN1CCC([N-]C(C)(C)C)C1.[Rb+]. The third-order valence-electron chi connectivity index (χ3n) is 1.94. The molecule has 0 aromatic heterocycles. The van der Waals surface area contributed by atoms with Gasteiger partial charge in [0.25, 0.3) is 0 Å². The summed E-state index contributed by atoms with van der Waals surface area (Å²) in [6, 6.07) is 0.583. The van der Waals surface area contributed by atoms with Crippen molar-refractivity contribution in [3.05, 3.63) is 5.32 Å². The molecular formula is C9H19N2Rb. The predicted octanol–water partition coefficient (Wildman–Crippen LogP) is -1.13. The zero-order valence-electron chi connectivity index (χ0n) is 9.09. The second-order valence-corrected chi connectivity index (χ2v) is 4.50. The maximum absolute atomic E-state index is 4.72. The minimum absolute atomic E-state index is 0. The quantitative estimate of drug-likeness (QED) is 0.567. The molecule has 66 valence electrons. The van der Waals surface area contributed by atoms with Crippen LogP contribution < -0.4 is 58.2 Å². The molecule has 0 bridgehead atoms. The largest absolute Gasteiger partial charge is 1.00 e. The fourth-order valence-electron chi connectivity index (χ4n) is 1.56. The van der Waals surface area contributed by atoms with E-state index >= 15 is 0 Å². The molecule has 1 rings (SSSR count). The third-order valence-corrected chi connectivity index (χ3v) is 1.94. The van der Waals surface area contributed by atoms with E-state index in [9.17, 15) is 0 Å². The molecule has 3 heteroatoms. The molecule has 0 aromatic carbocycles. The van der Waals surface area contributed by atoms with Crippen LogP contribution in [0.15, 0.2) is 0 Å². The molecule has 0 amide bonds. The Hall–Kier alpha value is 1.73. The molecule has 0 aromatic rings. The molecule has 12 heavy (non-hydrogen) atoms. The van der Waals surface area contributed by atoms with Gasteiger partial charge in [0.15, 0.2) is 0 Å². The zero-order valence-corrected chi connectivity index (χ0v) is 14.0. The minimum atomic E-state index is 0. The molecule has 0 saturated carbocycles. The van der Waals surface area contributed by atoms with E-state index in [1.165, 1.54) is 13.0 Å². The van der Waals surface area contributed by atoms with Crippen molar-refractivity contribution >= 4 is 0 Å². The Morgan fingerprint density at radius 3 is 2.25 bits per heavy atom. The van der Waals surface area contributed by atoms with E-state index in [0.717, 1.165) is 6.54 Å². The van der Waals surface area contributed by atoms with Crippen LogP contribution in [0.2, 0.25) is 0 Å². The maximum atomic E-state index is 4.72. The van der Waals surface area contributed by atoms with Crippen LogP contribution in [0.25, 0.3) is 5.32 Å². The summed E-state index contributed by atoms with van der Waals surface area (Å²) in [5, 5.41) is 4.72. The van der Waals surface area contributed by atoms with Gasteiger partial charge in [-0.05, 0) is 20.1 Å². The molecule has 1 atom stereocenters. The van der Waals surface area contributed by atoms with Gasteiger partial charge in [-0.2, -0.15) is 0 Å². The first kappa shape index (κ1) is 13.7. The fraction of sp³-hybridized carbons (Fsp3) is 1.00. The summed E-state index contributed by atoms with van der Waals surface area (Å²) in [4.78, 5) is 2.35. The number of rotatable bonds is 1. The summed E-state index contributed by atoms with van der Waals surface area (Å²) in [7, 11) is 2.16. The summed E-state index contributed by atoms with van der Waals surface area (Å²) in [6.45, 7) is 8.88. The van der Waals surface area contributed by atoms with Crippen molar-refractivity contribution in [3.63, 3.8) is 0 Å². The van der Waals surface area contributed by atoms with Crippen LogP contribution in [0, 0.1) is 0 Å². The first-order chi connectivity index (χ1) is 4.97. The molecule has 1 aliphatic heterocycles. The van der Waals surface area contributed by atoms with Gasteiger partial charge >= 0.3 is 58.2 Å². The van der Waals surface area contributed by atoms with Crippen LogP contribution in [0.5, 0.6) is 0 Å². The molecule has 1 unspecified atom stereocenters. The molecule has 0 radical (unpaired) electrons. The van der Waals surface area contributed by atoms with Gasteiger partial charge in [-0.3, -0.25) is 0 Å². The van der Waals surface area contributed by atoms with Gasteiger partial charge in [-0.25, -0.2) is 0 Å². The van der Waals surface area contributed by atoms with Crippen LogP contribution in [0.1, 0.15) is 27.2 Å². The molecule has 0 aliphatic carbocycles. The Morgan fingerprint density at radius 2 is 1.92 bits per heavy atom. The average Bonchev–Trinajstić information content (AvgIpc) is 2.10. The zero-order chi connectivity index (χ0) is 8.48. The summed E-state index contributed by atoms with van der Waals surface area (Å²) in [6.07, 6.45) is 1.24. The van der Waals surface area contributed by atoms with E-state index in [-0.39, 0.29) is 63.7 Å². The Morgan fingerprint density at radius 1 is 1.33 bits per heavy atom. The molecule has 0 spiro atoms. The van der Waals surface area contributed by atoms with Gasteiger partial charge in [-0.1, -0.05) is 27.2 Å². The van der Waals surface area contributed by atoms with Gasteiger partial charge in [0.05, 0.1) is 0 Å². The van der Waals surface area contributed by atoms with Gasteiger partial charge in [0.2, 0.25) is 0 Å². The number of likely N-dealkylation sites (tertiary alicyclic amines) is 1. The molecule has 1 saturated heterocycles. The Balaban J connectivity index is 0.00000121. The molecule has 1 fully saturated rings. The summed E-state index contributed by atoms with van der Waals surface area (Å²) >= 11 is 0. The second-order valence-electron chi connectivity index (χ2n) is 4.50. The van der Waals surface area contributed by atoms with Crippen LogP contribution in [0.3, 0.4) is 0 Å². The Kier molecular flexibility index (Phi) is 6.37. The second kappa shape index (κ2) is 5.57. The van der Waals surface area contributed by atoms with Gasteiger partial charge < -0.3 is 10.2 Å². The number of hydrogen-bond donors (Lipinski definition) is 0. The van der Waals surface area contributed by atoms with Crippen molar-refractivity contribution in [3.8, 4) is 0 Å². The van der Waals surface area contributed by atoms with Gasteiger partial charge in [-0.15, -0.1) is 11.6 Å². The van der Waals surface area contributed by atoms with Crippen LogP contribution in [-0.2, 0) is 0 Å². The van der Waals surface area contributed by atoms with Crippen molar-refractivity contribution in [2.45, 2.75) is 38.8 Å². The Labute approximate surface area is 125 Å². The molecule has 2 nitrogen and oxygen atoms in total. The van der Waals surface area contributed by atoms with E-state index in [2.05, 4.69) is 32.7 Å². The van der Waals surface area contributed by atoms with E-state index < -0.39 is 0 Å². The van der Waals surface area contributed by atoms with E-state index in [1.807, 2.05) is 0 Å². The predicted molar refractivity (Wildman–Crippen MR) is 49.0 cm³/mol. The fourth-order valence-corrected chi connectivity index (χ4v) is 1.56. The number of nitrogens with zero attached hydrogens (tertiary/aromatic N) is 2. The average molecular weight is 241 g/mol. The first-order valence-corrected chi connectivity index (χ1v) is 4.38. The van der Waals surface area contributed by atoms with E-state index in [0.29, 0.717) is 6.04 Å². The molecular weight excluding hydrogens is 222 g/mol. The smallest absolute Gasteiger partial charge is 0.654 e. The molecule has 0 N–H and O–H groups in total. The Bertz CT molecular complexity index is 131. The normalized spacial score (nSPS) is 25.5. The van der Waals surface area contributed by atoms with Crippen LogP contribution in [-0.4, -0.2) is 36.6 Å². The van der Waals surface area contributed by atoms with Crippen molar-refractivity contribution in [2.75, 3.05) is 20.1 Å². The van der Waals surface area contributed by atoms with Crippen molar-refractivity contribution in [2.24, 2.45) is 0 Å². The summed E-state index contributed by atoms with van der Waals surface area (Å²) in [5.74, 6) is 0. The number of hydrogen-bond acceptors (Lipinski definition) is 1. The molecule has 1 heterocycles. The van der Waals surface area contributed by atoms with Crippen LogP contribution >= 0.6 is 0 Å². The van der Waals surface area contributed by atoms with E-state index in [4.69, 9.17) is 5.32 Å². The van der Waals surface area contributed by atoms with Gasteiger partial charge in [0.1, 0.15) is 0 Å². The van der Waals surface area contributed by atoms with Crippen molar-refractivity contribution in [1.82, 2.24) is 4.90 Å². The molecule has 1 aliphatic rings.